The second-order valence-corrected chi connectivity index (χ2v) is 4.02. The van der Waals surface area contributed by atoms with Crippen LogP contribution in [0, 0.1) is 12.3 Å². The van der Waals surface area contributed by atoms with E-state index in [9.17, 15) is 4.79 Å². The fraction of sp³-hybridized carbons (Fsp3) is 0.364. The van der Waals surface area contributed by atoms with Gasteiger partial charge in [0.2, 0.25) is 0 Å². The predicted molar refractivity (Wildman–Crippen MR) is 61.2 cm³/mol. The molecule has 0 spiro atoms. The van der Waals surface area contributed by atoms with Crippen LogP contribution >= 0.6 is 11.3 Å². The smallest absolute Gasteiger partial charge is 0.265 e. The minimum absolute atomic E-state index is 0.0192. The Bertz CT molecular complexity index is 378. The van der Waals surface area contributed by atoms with Gasteiger partial charge in [-0.3, -0.25) is 4.79 Å². The first-order valence-electron chi connectivity index (χ1n) is 4.54. The fourth-order valence-corrected chi connectivity index (χ4v) is 1.90. The van der Waals surface area contributed by atoms with Crippen molar-refractivity contribution in [2.75, 3.05) is 7.11 Å². The zero-order valence-electron chi connectivity index (χ0n) is 8.74. The largest absolute Gasteiger partial charge is 0.495 e. The highest BCUT2D eigenvalue weighted by molar-refractivity contribution is 7.12. The third-order valence-electron chi connectivity index (χ3n) is 1.86. The lowest BCUT2D eigenvalue weighted by atomic mass is 10.2. The minimum Gasteiger partial charge on any atom is -0.495 e. The van der Waals surface area contributed by atoms with Crippen LogP contribution in [0.4, 0.5) is 0 Å². The van der Waals surface area contributed by atoms with E-state index in [0.29, 0.717) is 17.0 Å². The lowest BCUT2D eigenvalue weighted by Gasteiger charge is -2.10. The zero-order chi connectivity index (χ0) is 11.3. The van der Waals surface area contributed by atoms with Crippen molar-refractivity contribution in [3.8, 4) is 18.1 Å². The van der Waals surface area contributed by atoms with E-state index in [1.807, 2.05) is 12.3 Å². The molecule has 1 atom stereocenters. The van der Waals surface area contributed by atoms with Gasteiger partial charge in [0.15, 0.2) is 0 Å². The summed E-state index contributed by atoms with van der Waals surface area (Å²) in [7, 11) is 1.55. The molecule has 80 valence electrons. The summed E-state index contributed by atoms with van der Waals surface area (Å²) >= 11 is 1.35. The molecular weight excluding hydrogens is 210 g/mol. The number of nitrogens with one attached hydrogen (secondary N) is 1. The second-order valence-electron chi connectivity index (χ2n) is 3.10. The first-order chi connectivity index (χ1) is 7.19. The van der Waals surface area contributed by atoms with Crippen molar-refractivity contribution in [1.82, 2.24) is 5.32 Å². The predicted octanol–water partition coefficient (Wildman–Crippen LogP) is 1.90. The van der Waals surface area contributed by atoms with Crippen LogP contribution in [0.1, 0.15) is 23.0 Å². The van der Waals surface area contributed by atoms with Crippen LogP contribution in [-0.2, 0) is 0 Å². The summed E-state index contributed by atoms with van der Waals surface area (Å²) in [5.41, 5.74) is 0. The maximum atomic E-state index is 11.7. The molecule has 3 nitrogen and oxygen atoms in total. The van der Waals surface area contributed by atoms with Gasteiger partial charge in [-0.1, -0.05) is 0 Å². The Hall–Kier alpha value is -1.47. The molecule has 1 N–H and O–H groups in total. The van der Waals surface area contributed by atoms with Crippen LogP contribution in [-0.4, -0.2) is 19.1 Å². The van der Waals surface area contributed by atoms with Gasteiger partial charge in [-0.05, 0) is 18.4 Å². The molecule has 0 saturated carbocycles. The van der Waals surface area contributed by atoms with Crippen molar-refractivity contribution in [2.24, 2.45) is 0 Å². The van der Waals surface area contributed by atoms with Crippen molar-refractivity contribution in [3.05, 3.63) is 16.3 Å². The van der Waals surface area contributed by atoms with Crippen LogP contribution < -0.4 is 10.1 Å². The zero-order valence-corrected chi connectivity index (χ0v) is 9.56. The minimum atomic E-state index is -0.135. The molecule has 1 aromatic rings. The lowest BCUT2D eigenvalue weighted by molar-refractivity contribution is 0.0942. The molecule has 0 bridgehead atoms. The molecule has 1 heterocycles. The van der Waals surface area contributed by atoms with E-state index in [1.165, 1.54) is 11.3 Å². The van der Waals surface area contributed by atoms with Crippen molar-refractivity contribution >= 4 is 17.2 Å². The lowest BCUT2D eigenvalue weighted by Crippen LogP contribution is -2.31. The van der Waals surface area contributed by atoms with Crippen molar-refractivity contribution in [1.29, 1.82) is 0 Å². The van der Waals surface area contributed by atoms with Crippen molar-refractivity contribution in [3.63, 3.8) is 0 Å². The molecule has 1 amide bonds. The number of terminal acetylenes is 1. The molecule has 4 heteroatoms. The van der Waals surface area contributed by atoms with Crippen molar-refractivity contribution < 1.29 is 9.53 Å². The summed E-state index contributed by atoms with van der Waals surface area (Å²) in [6.45, 7) is 1.87. The number of amides is 1. The van der Waals surface area contributed by atoms with Crippen LogP contribution in [0.5, 0.6) is 5.75 Å². The van der Waals surface area contributed by atoms with E-state index >= 15 is 0 Å². The number of ether oxygens (including phenoxy) is 1. The molecule has 1 rings (SSSR count). The van der Waals surface area contributed by atoms with Gasteiger partial charge in [0.05, 0.1) is 7.11 Å². The summed E-state index contributed by atoms with van der Waals surface area (Å²) in [5, 5.41) is 4.63. The molecule has 0 aliphatic rings. The standard InChI is InChI=1S/C11H13NO2S/c1-4-5-8(2)12-11(13)10-9(14-3)6-7-15-10/h1,6-8H,5H2,2-3H3,(H,12,13). The molecule has 0 fully saturated rings. The Morgan fingerprint density at radius 2 is 2.53 bits per heavy atom. The summed E-state index contributed by atoms with van der Waals surface area (Å²) < 4.78 is 5.06. The van der Waals surface area contributed by atoms with Gasteiger partial charge >= 0.3 is 0 Å². The number of hydrogen-bond acceptors (Lipinski definition) is 3. The van der Waals surface area contributed by atoms with Gasteiger partial charge in [-0.15, -0.1) is 23.7 Å². The molecule has 0 aliphatic heterocycles. The van der Waals surface area contributed by atoms with Crippen LogP contribution in [0.25, 0.3) is 0 Å². The van der Waals surface area contributed by atoms with Crippen LogP contribution in [0.15, 0.2) is 11.4 Å². The second kappa shape index (κ2) is 5.42. The highest BCUT2D eigenvalue weighted by atomic mass is 32.1. The van der Waals surface area contributed by atoms with E-state index < -0.39 is 0 Å². The van der Waals surface area contributed by atoms with Crippen molar-refractivity contribution in [2.45, 2.75) is 19.4 Å². The number of methoxy groups -OCH3 is 1. The topological polar surface area (TPSA) is 38.3 Å². The van der Waals surface area contributed by atoms with Gasteiger partial charge in [0.25, 0.3) is 5.91 Å². The van der Waals surface area contributed by atoms with Crippen LogP contribution in [0.2, 0.25) is 0 Å². The van der Waals surface area contributed by atoms with E-state index in [-0.39, 0.29) is 11.9 Å². The molecule has 1 unspecified atom stereocenters. The Labute approximate surface area is 93.5 Å². The Morgan fingerprint density at radius 1 is 1.80 bits per heavy atom. The van der Waals surface area contributed by atoms with Gasteiger partial charge in [-0.2, -0.15) is 0 Å². The number of carbonyl (C=O) groups is 1. The van der Waals surface area contributed by atoms with Gasteiger partial charge in [-0.25, -0.2) is 0 Å². The summed E-state index contributed by atoms with van der Waals surface area (Å²) in [6, 6.07) is 1.75. The Balaban J connectivity index is 2.65. The quantitative estimate of drug-likeness (QED) is 0.792. The van der Waals surface area contributed by atoms with Gasteiger partial charge in [0.1, 0.15) is 10.6 Å². The molecule has 15 heavy (non-hydrogen) atoms. The van der Waals surface area contributed by atoms with E-state index in [1.54, 1.807) is 13.2 Å². The van der Waals surface area contributed by atoms with Crippen LogP contribution in [0.3, 0.4) is 0 Å². The maximum absolute atomic E-state index is 11.7. The monoisotopic (exact) mass is 223 g/mol. The summed E-state index contributed by atoms with van der Waals surface area (Å²) in [4.78, 5) is 12.3. The third-order valence-corrected chi connectivity index (χ3v) is 2.75. The number of rotatable bonds is 4. The van der Waals surface area contributed by atoms with E-state index in [4.69, 9.17) is 11.2 Å². The third kappa shape index (κ3) is 3.00. The molecule has 0 radical (unpaired) electrons. The average molecular weight is 223 g/mol. The first-order valence-corrected chi connectivity index (χ1v) is 5.42. The molecular formula is C11H13NO2S. The highest BCUT2D eigenvalue weighted by Crippen LogP contribution is 2.24. The SMILES string of the molecule is C#CCC(C)NC(=O)c1sccc1OC. The molecule has 0 aliphatic carbocycles. The van der Waals surface area contributed by atoms with Gasteiger partial charge < -0.3 is 10.1 Å². The summed E-state index contributed by atoms with van der Waals surface area (Å²) in [6.07, 6.45) is 5.68. The van der Waals surface area contributed by atoms with Gasteiger partial charge in [0, 0.05) is 12.5 Å². The van der Waals surface area contributed by atoms with E-state index in [0.717, 1.165) is 0 Å². The number of carbonyl (C=O) groups excluding carboxylic acids is 1. The number of thiophene rings is 1. The normalized spacial score (nSPS) is 11.5. The fourth-order valence-electron chi connectivity index (χ4n) is 1.14. The molecule has 0 saturated heterocycles. The summed E-state index contributed by atoms with van der Waals surface area (Å²) in [5.74, 6) is 2.97. The maximum Gasteiger partial charge on any atom is 0.265 e. The number of hydrogen-bond donors (Lipinski definition) is 1. The molecule has 1 aromatic heterocycles. The Morgan fingerprint density at radius 3 is 3.13 bits per heavy atom. The Kier molecular flexibility index (Phi) is 4.19. The average Bonchev–Trinajstić information content (AvgIpc) is 2.65. The highest BCUT2D eigenvalue weighted by Gasteiger charge is 2.15. The van der Waals surface area contributed by atoms with E-state index in [2.05, 4.69) is 11.2 Å². The first kappa shape index (κ1) is 11.6. The molecule has 0 aromatic carbocycles.